The number of carbonyl (C=O) groups excluding carboxylic acids is 1. The molecule has 2 rings (SSSR count). The van der Waals surface area contributed by atoms with Crippen LogP contribution in [0.4, 0.5) is 0 Å². The van der Waals surface area contributed by atoms with Gasteiger partial charge in [-0.1, -0.05) is 24.3 Å². The van der Waals surface area contributed by atoms with Gasteiger partial charge in [0.1, 0.15) is 5.75 Å². The Kier molecular flexibility index (Phi) is 6.36. The van der Waals surface area contributed by atoms with E-state index in [1.807, 2.05) is 44.2 Å². The fourth-order valence-corrected chi connectivity index (χ4v) is 2.36. The van der Waals surface area contributed by atoms with Crippen molar-refractivity contribution >= 4 is 5.91 Å². The lowest BCUT2D eigenvalue weighted by atomic mass is 10.1. The zero-order valence-electron chi connectivity index (χ0n) is 14.7. The average molecular weight is 334 g/mol. The van der Waals surface area contributed by atoms with E-state index in [9.17, 15) is 4.79 Å². The molecule has 2 aromatic carbocycles. The first-order valence-electron chi connectivity index (χ1n) is 8.11. The van der Waals surface area contributed by atoms with Crippen molar-refractivity contribution in [3.05, 3.63) is 77.4 Å². The fourth-order valence-electron chi connectivity index (χ4n) is 2.36. The van der Waals surface area contributed by atoms with E-state index < -0.39 is 0 Å². The molecule has 4 heteroatoms. The monoisotopic (exact) mass is 334 g/mol. The number of nitriles is 1. The summed E-state index contributed by atoms with van der Waals surface area (Å²) in [6.07, 6.45) is 1.69. The van der Waals surface area contributed by atoms with Crippen molar-refractivity contribution < 1.29 is 9.53 Å². The van der Waals surface area contributed by atoms with E-state index >= 15 is 0 Å². The summed E-state index contributed by atoms with van der Waals surface area (Å²) >= 11 is 0. The van der Waals surface area contributed by atoms with Crippen molar-refractivity contribution in [1.29, 1.82) is 5.26 Å². The van der Waals surface area contributed by atoms with Crippen LogP contribution in [0, 0.1) is 25.2 Å². The van der Waals surface area contributed by atoms with Gasteiger partial charge in [-0.2, -0.15) is 5.26 Å². The minimum absolute atomic E-state index is 0.0212. The Hall–Kier alpha value is -3.06. The zero-order valence-corrected chi connectivity index (χ0v) is 14.7. The maximum atomic E-state index is 12.5. The molecule has 0 atom stereocenters. The second-order valence-electron chi connectivity index (χ2n) is 5.91. The molecule has 4 nitrogen and oxygen atoms in total. The van der Waals surface area contributed by atoms with Gasteiger partial charge in [-0.05, 0) is 54.8 Å². The van der Waals surface area contributed by atoms with E-state index in [0.717, 1.165) is 11.1 Å². The highest BCUT2D eigenvalue weighted by Gasteiger charge is 2.14. The Bertz CT molecular complexity index is 789. The molecule has 128 valence electrons. The van der Waals surface area contributed by atoms with E-state index in [1.165, 1.54) is 5.56 Å². The van der Waals surface area contributed by atoms with Crippen LogP contribution in [0.15, 0.2) is 55.1 Å². The quantitative estimate of drug-likeness (QED) is 0.724. The van der Waals surface area contributed by atoms with E-state index in [2.05, 4.69) is 12.6 Å². The largest absolute Gasteiger partial charge is 0.484 e. The lowest BCUT2D eigenvalue weighted by molar-refractivity contribution is -0.133. The third kappa shape index (κ3) is 5.22. The molecular formula is C21H22N2O2. The molecule has 0 aliphatic rings. The van der Waals surface area contributed by atoms with Crippen molar-refractivity contribution in [3.8, 4) is 11.8 Å². The third-order valence-electron chi connectivity index (χ3n) is 4.00. The van der Waals surface area contributed by atoms with Crippen LogP contribution in [0.2, 0.25) is 0 Å². The fraction of sp³-hybridized carbons (Fsp3) is 0.238. The average Bonchev–Trinajstić information content (AvgIpc) is 2.62. The predicted octanol–water partition coefficient (Wildman–Crippen LogP) is 3.77. The van der Waals surface area contributed by atoms with Crippen LogP contribution in [0.5, 0.6) is 5.75 Å². The van der Waals surface area contributed by atoms with Crippen LogP contribution in [0.1, 0.15) is 22.3 Å². The van der Waals surface area contributed by atoms with Gasteiger partial charge in [-0.15, -0.1) is 6.58 Å². The van der Waals surface area contributed by atoms with E-state index in [0.29, 0.717) is 24.4 Å². The van der Waals surface area contributed by atoms with Gasteiger partial charge in [-0.3, -0.25) is 4.79 Å². The highest BCUT2D eigenvalue weighted by atomic mass is 16.5. The summed E-state index contributed by atoms with van der Waals surface area (Å²) in [5.74, 6) is 0.580. The number of ether oxygens (including phenoxy) is 1. The van der Waals surface area contributed by atoms with Gasteiger partial charge >= 0.3 is 0 Å². The number of nitrogens with zero attached hydrogens (tertiary/aromatic N) is 2. The normalized spacial score (nSPS) is 9.96. The third-order valence-corrected chi connectivity index (χ3v) is 4.00. The first-order valence-corrected chi connectivity index (χ1v) is 8.11. The maximum absolute atomic E-state index is 12.5. The second kappa shape index (κ2) is 8.70. The van der Waals surface area contributed by atoms with Crippen LogP contribution >= 0.6 is 0 Å². The molecule has 0 radical (unpaired) electrons. The number of carbonyl (C=O) groups is 1. The van der Waals surface area contributed by atoms with Crippen molar-refractivity contribution in [2.24, 2.45) is 0 Å². The molecule has 25 heavy (non-hydrogen) atoms. The minimum Gasteiger partial charge on any atom is -0.484 e. The van der Waals surface area contributed by atoms with Gasteiger partial charge in [0.25, 0.3) is 5.91 Å². The molecule has 2 aromatic rings. The Morgan fingerprint density at radius 2 is 1.92 bits per heavy atom. The summed E-state index contributed by atoms with van der Waals surface area (Å²) < 4.78 is 5.64. The molecule has 0 aliphatic heterocycles. The van der Waals surface area contributed by atoms with Gasteiger partial charge in [-0.25, -0.2) is 0 Å². The molecule has 0 saturated carbocycles. The Morgan fingerprint density at radius 3 is 2.52 bits per heavy atom. The number of aryl methyl sites for hydroxylation is 2. The SMILES string of the molecule is C=CCN(Cc1ccc(C#N)cc1)C(=O)COc1ccc(C)c(C)c1. The lowest BCUT2D eigenvalue weighted by Gasteiger charge is -2.21. The summed E-state index contributed by atoms with van der Waals surface area (Å²) in [6, 6.07) is 15.1. The second-order valence-corrected chi connectivity index (χ2v) is 5.91. The summed E-state index contributed by atoms with van der Waals surface area (Å²) in [6.45, 7) is 8.63. The molecule has 0 aliphatic carbocycles. The highest BCUT2D eigenvalue weighted by molar-refractivity contribution is 5.78. The van der Waals surface area contributed by atoms with E-state index in [1.54, 1.807) is 23.1 Å². The first kappa shape index (κ1) is 18.3. The smallest absolute Gasteiger partial charge is 0.261 e. The predicted molar refractivity (Wildman–Crippen MR) is 98.2 cm³/mol. The van der Waals surface area contributed by atoms with Crippen molar-refractivity contribution in [2.45, 2.75) is 20.4 Å². The van der Waals surface area contributed by atoms with Crippen molar-refractivity contribution in [2.75, 3.05) is 13.2 Å². The minimum atomic E-state index is -0.109. The number of amides is 1. The molecule has 0 heterocycles. The Labute approximate surface area is 149 Å². The highest BCUT2D eigenvalue weighted by Crippen LogP contribution is 2.16. The van der Waals surface area contributed by atoms with Crippen molar-refractivity contribution in [1.82, 2.24) is 4.90 Å². The van der Waals surface area contributed by atoms with E-state index in [4.69, 9.17) is 10.00 Å². The standard InChI is InChI=1S/C21H22N2O2/c1-4-11-23(14-19-8-6-18(13-22)7-9-19)21(24)15-25-20-10-5-16(2)17(3)12-20/h4-10,12H,1,11,14-15H2,2-3H3. The zero-order chi connectivity index (χ0) is 18.2. The molecule has 0 unspecified atom stereocenters. The van der Waals surface area contributed by atoms with Crippen LogP contribution in [-0.4, -0.2) is 24.0 Å². The van der Waals surface area contributed by atoms with Gasteiger partial charge in [0.05, 0.1) is 11.6 Å². The summed E-state index contributed by atoms with van der Waals surface area (Å²) in [7, 11) is 0. The van der Waals surface area contributed by atoms with Crippen LogP contribution in [0.25, 0.3) is 0 Å². The molecule has 0 N–H and O–H groups in total. The Morgan fingerprint density at radius 1 is 1.20 bits per heavy atom. The molecule has 0 bridgehead atoms. The summed E-state index contributed by atoms with van der Waals surface area (Å²) in [4.78, 5) is 14.2. The maximum Gasteiger partial charge on any atom is 0.261 e. The molecular weight excluding hydrogens is 312 g/mol. The number of benzene rings is 2. The number of rotatable bonds is 7. The topological polar surface area (TPSA) is 53.3 Å². The first-order chi connectivity index (χ1) is 12.0. The van der Waals surface area contributed by atoms with Gasteiger partial charge in [0.15, 0.2) is 6.61 Å². The van der Waals surface area contributed by atoms with Gasteiger partial charge < -0.3 is 9.64 Å². The molecule has 1 amide bonds. The van der Waals surface area contributed by atoms with E-state index in [-0.39, 0.29) is 12.5 Å². The molecule has 0 spiro atoms. The summed E-state index contributed by atoms with van der Waals surface area (Å²) in [5, 5.41) is 8.85. The molecule has 0 saturated heterocycles. The van der Waals surface area contributed by atoms with Crippen LogP contribution in [0.3, 0.4) is 0 Å². The molecule has 0 aromatic heterocycles. The number of hydrogen-bond donors (Lipinski definition) is 0. The Balaban J connectivity index is 2.00. The van der Waals surface area contributed by atoms with Crippen LogP contribution < -0.4 is 4.74 Å². The van der Waals surface area contributed by atoms with Crippen molar-refractivity contribution in [3.63, 3.8) is 0 Å². The summed E-state index contributed by atoms with van der Waals surface area (Å²) in [5.41, 5.74) is 3.88. The number of hydrogen-bond acceptors (Lipinski definition) is 3. The lowest BCUT2D eigenvalue weighted by Crippen LogP contribution is -2.34. The van der Waals surface area contributed by atoms with Crippen LogP contribution in [-0.2, 0) is 11.3 Å². The molecule has 0 fully saturated rings. The van der Waals surface area contributed by atoms with Gasteiger partial charge in [0.2, 0.25) is 0 Å². The van der Waals surface area contributed by atoms with Gasteiger partial charge in [0, 0.05) is 13.1 Å².